The van der Waals surface area contributed by atoms with Gasteiger partial charge < -0.3 is 19.8 Å². The Bertz CT molecular complexity index is 532. The third kappa shape index (κ3) is 62.1. The van der Waals surface area contributed by atoms with Crippen LogP contribution in [0, 0.1) is 0 Å². The van der Waals surface area contributed by atoms with Gasteiger partial charge in [0.25, 0.3) is 0 Å². The molecule has 280 valence electrons. The van der Waals surface area contributed by atoms with E-state index in [4.69, 9.17) is 0 Å². The Morgan fingerprint density at radius 2 is 0.617 bits per heavy atom. The number of aliphatic carboxylic acids is 2. The van der Waals surface area contributed by atoms with Gasteiger partial charge in [0.1, 0.15) is 0 Å². The number of hydrogen-bond donors (Lipinski definition) is 0. The van der Waals surface area contributed by atoms with Crippen molar-refractivity contribution in [3.63, 3.8) is 0 Å². The summed E-state index contributed by atoms with van der Waals surface area (Å²) in [4.78, 5) is 20.2. The Morgan fingerprint density at radius 1 is 0.383 bits per heavy atom. The first-order valence-electron chi connectivity index (χ1n) is 20.2. The summed E-state index contributed by atoms with van der Waals surface area (Å²) in [6, 6.07) is 0. The Balaban J connectivity index is -0.000000620. The van der Waals surface area contributed by atoms with Crippen molar-refractivity contribution in [2.24, 2.45) is 0 Å². The Labute approximate surface area is 313 Å². The molecule has 0 unspecified atom stereocenters. The van der Waals surface area contributed by atoms with Gasteiger partial charge in [-0.25, -0.2) is 0 Å². The molecule has 4 nitrogen and oxygen atoms in total. The molecule has 0 amide bonds. The summed E-state index contributed by atoms with van der Waals surface area (Å²) in [5.74, 6) is 0.331. The molecule has 0 atom stereocenters. The van der Waals surface area contributed by atoms with Crippen LogP contribution in [0.25, 0.3) is 0 Å². The third-order valence-electron chi connectivity index (χ3n) is 8.14. The second-order valence-electron chi connectivity index (χ2n) is 13.1. The van der Waals surface area contributed by atoms with E-state index >= 15 is 0 Å². The predicted octanol–water partition coefficient (Wildman–Crippen LogP) is 11.5. The van der Waals surface area contributed by atoms with Crippen LogP contribution in [0.3, 0.4) is 0 Å². The maximum absolute atomic E-state index is 10.1. The van der Waals surface area contributed by atoms with Crippen LogP contribution in [-0.2, 0) is 9.59 Å². The molecular weight excluding hydrogens is 727 g/mol. The Hall–Kier alpha value is 0.439. The van der Waals surface area contributed by atoms with Gasteiger partial charge in [-0.3, -0.25) is 0 Å². The SMILES string of the molecule is CCCCCCCCCCSCC(=O)[O-].CCCCCCCCCCSCC(=O)[O-].CCCCCCC[CH2][Sn+2][CH2]CCCCCCC. The third-order valence-corrected chi connectivity index (χ3v) is 14.2. The Kier molecular flexibility index (Phi) is 56.0. The molecule has 0 rings (SSSR count). The average molecular weight is 808 g/mol. The first kappa shape index (κ1) is 51.8. The van der Waals surface area contributed by atoms with Gasteiger partial charge in [0, 0.05) is 11.5 Å². The molecule has 0 aliphatic heterocycles. The molecule has 0 heterocycles. The zero-order valence-electron chi connectivity index (χ0n) is 32.0. The van der Waals surface area contributed by atoms with Crippen LogP contribution in [-0.4, -0.2) is 56.1 Å². The Morgan fingerprint density at radius 3 is 0.872 bits per heavy atom. The van der Waals surface area contributed by atoms with Crippen LogP contribution in [0.5, 0.6) is 0 Å². The van der Waals surface area contributed by atoms with E-state index < -0.39 is 11.9 Å². The van der Waals surface area contributed by atoms with Crippen LogP contribution in [0.2, 0.25) is 8.87 Å². The monoisotopic (exact) mass is 808 g/mol. The zero-order chi connectivity index (χ0) is 35.3. The fourth-order valence-corrected chi connectivity index (χ4v) is 10.2. The molecule has 0 saturated heterocycles. The summed E-state index contributed by atoms with van der Waals surface area (Å²) < 4.78 is 3.31. The second kappa shape index (κ2) is 50.8. The zero-order valence-corrected chi connectivity index (χ0v) is 36.5. The fourth-order valence-electron chi connectivity index (χ4n) is 5.17. The van der Waals surface area contributed by atoms with E-state index in [1.54, 1.807) is 21.7 Å². The van der Waals surface area contributed by atoms with Gasteiger partial charge in [-0.1, -0.05) is 104 Å². The maximum atomic E-state index is 10.1. The van der Waals surface area contributed by atoms with Crippen molar-refractivity contribution in [1.29, 1.82) is 0 Å². The summed E-state index contributed by atoms with van der Waals surface area (Å²) in [6.45, 7) is 9.06. The number of carbonyl (C=O) groups is 2. The molecule has 0 radical (unpaired) electrons. The number of thioether (sulfide) groups is 2. The number of carboxylic acids is 2. The van der Waals surface area contributed by atoms with Gasteiger partial charge in [0.05, 0.1) is 11.9 Å². The molecule has 0 spiro atoms. The number of rotatable bonds is 36. The van der Waals surface area contributed by atoms with Crippen LogP contribution < -0.4 is 10.2 Å². The van der Waals surface area contributed by atoms with E-state index in [1.807, 2.05) is 0 Å². The molecule has 0 saturated carbocycles. The molecule has 0 aromatic carbocycles. The predicted molar refractivity (Wildman–Crippen MR) is 212 cm³/mol. The summed E-state index contributed by atoms with van der Waals surface area (Å²) in [5.41, 5.74) is 0. The first-order valence-corrected chi connectivity index (χ1v) is 26.6. The van der Waals surface area contributed by atoms with Crippen molar-refractivity contribution < 1.29 is 19.8 Å². The van der Waals surface area contributed by atoms with Gasteiger partial charge in [-0.15, -0.1) is 0 Å². The van der Waals surface area contributed by atoms with Crippen LogP contribution >= 0.6 is 23.5 Å². The molecule has 0 bridgehead atoms. The molecule has 7 heteroatoms. The summed E-state index contributed by atoms with van der Waals surface area (Å²) in [7, 11) is 0. The van der Waals surface area contributed by atoms with Crippen LogP contribution in [0.4, 0.5) is 0 Å². The van der Waals surface area contributed by atoms with Crippen molar-refractivity contribution in [2.45, 2.75) is 216 Å². The van der Waals surface area contributed by atoms with Gasteiger partial charge in [-0.05, 0) is 24.3 Å². The molecule has 0 N–H and O–H groups in total. The molecule has 0 fully saturated rings. The minimum atomic E-state index is -0.945. The minimum absolute atomic E-state index is 0.0736. The van der Waals surface area contributed by atoms with Gasteiger partial charge in [0.15, 0.2) is 0 Å². The molecule has 0 aromatic heterocycles. The van der Waals surface area contributed by atoms with Crippen molar-refractivity contribution in [3.8, 4) is 0 Å². The van der Waals surface area contributed by atoms with Gasteiger partial charge in [-0.2, -0.15) is 23.5 Å². The summed E-state index contributed by atoms with van der Waals surface area (Å²) in [6.07, 6.45) is 38.7. The number of carbonyl (C=O) groups excluding carboxylic acids is 2. The van der Waals surface area contributed by atoms with Crippen molar-refractivity contribution >= 4 is 56.6 Å². The number of carboxylic acid groups (broad SMARTS) is 2. The summed E-state index contributed by atoms with van der Waals surface area (Å²) in [5, 5.41) is 20.2. The molecule has 47 heavy (non-hydrogen) atoms. The standard InChI is InChI=1S/2C12H24O2S.2C8H17.Sn/c2*1-2-3-4-5-6-7-8-9-10-15-11-12(13)14;2*1-3-5-7-8-6-4-2;/h2*2-11H2,1H3,(H,13,14);2*1,3-8H2,2H3;/q;;;;+2/p-2. The number of unbranched alkanes of at least 4 members (excludes halogenated alkanes) is 24. The van der Waals surface area contributed by atoms with Crippen LogP contribution in [0.1, 0.15) is 207 Å². The van der Waals surface area contributed by atoms with Gasteiger partial charge >= 0.3 is 121 Å². The second-order valence-corrected chi connectivity index (χ2v) is 19.6. The number of hydrogen-bond acceptors (Lipinski definition) is 6. The van der Waals surface area contributed by atoms with Gasteiger partial charge in [0.2, 0.25) is 0 Å². The molecule has 0 aliphatic carbocycles. The van der Waals surface area contributed by atoms with E-state index in [0.29, 0.717) is 0 Å². The normalized spacial score (nSPS) is 10.5. The van der Waals surface area contributed by atoms with E-state index in [9.17, 15) is 19.8 Å². The summed E-state index contributed by atoms with van der Waals surface area (Å²) >= 11 is 3.02. The average Bonchev–Trinajstić information content (AvgIpc) is 3.05. The van der Waals surface area contributed by atoms with Crippen molar-refractivity contribution in [2.75, 3.05) is 23.0 Å². The van der Waals surface area contributed by atoms with E-state index in [0.717, 1.165) is 24.3 Å². The molecule has 0 aromatic rings. The van der Waals surface area contributed by atoms with Crippen molar-refractivity contribution in [3.05, 3.63) is 0 Å². The molecular formula is C40H80O4S2Sn. The van der Waals surface area contributed by atoms with E-state index in [2.05, 4.69) is 27.7 Å². The van der Waals surface area contributed by atoms with Crippen LogP contribution in [0.15, 0.2) is 0 Å². The fraction of sp³-hybridized carbons (Fsp3) is 0.950. The van der Waals surface area contributed by atoms with E-state index in [1.165, 1.54) is 178 Å². The molecule has 0 aliphatic rings. The van der Waals surface area contributed by atoms with Crippen molar-refractivity contribution in [1.82, 2.24) is 0 Å². The first-order chi connectivity index (χ1) is 23.0. The topological polar surface area (TPSA) is 80.3 Å². The quantitative estimate of drug-likeness (QED) is 0.0463. The van der Waals surface area contributed by atoms with E-state index in [-0.39, 0.29) is 32.6 Å².